The van der Waals surface area contributed by atoms with Crippen LogP contribution in [0.2, 0.25) is 0 Å². The van der Waals surface area contributed by atoms with E-state index >= 15 is 0 Å². The number of rotatable bonds is 6. The highest BCUT2D eigenvalue weighted by Crippen LogP contribution is 2.44. The molecule has 158 valence electrons. The number of nitrogens with one attached hydrogen (secondary N) is 1. The number of ether oxygens (including phenoxy) is 1. The standard InChI is InChI=1S/C26H25NO4/c1-16-11-18(12-17(2)23(16)13-25(28)29)14-27-26(30)31-15-24-21-9-5-3-7-19(21)20-8-4-6-10-22(20)24/h3-12,24H,13-15H2,1-2H3,(H,27,30)(H,28,29). The first-order valence-electron chi connectivity index (χ1n) is 10.3. The van der Waals surface area contributed by atoms with Crippen molar-refractivity contribution in [2.24, 2.45) is 0 Å². The normalized spacial score (nSPS) is 12.2. The van der Waals surface area contributed by atoms with Gasteiger partial charge >= 0.3 is 12.1 Å². The van der Waals surface area contributed by atoms with Crippen molar-refractivity contribution in [2.45, 2.75) is 32.7 Å². The quantitative estimate of drug-likeness (QED) is 0.596. The molecule has 2 N–H and O–H groups in total. The van der Waals surface area contributed by atoms with E-state index in [0.717, 1.165) is 22.3 Å². The van der Waals surface area contributed by atoms with Gasteiger partial charge in [0.15, 0.2) is 0 Å². The molecule has 0 aromatic heterocycles. The number of fused-ring (bicyclic) bond motifs is 3. The van der Waals surface area contributed by atoms with Crippen molar-refractivity contribution in [3.8, 4) is 11.1 Å². The summed E-state index contributed by atoms with van der Waals surface area (Å²) in [5.74, 6) is -0.825. The number of amides is 1. The van der Waals surface area contributed by atoms with Crippen molar-refractivity contribution < 1.29 is 19.4 Å². The van der Waals surface area contributed by atoms with Gasteiger partial charge in [-0.25, -0.2) is 4.79 Å². The Morgan fingerprint density at radius 1 is 0.935 bits per heavy atom. The predicted octanol–water partition coefficient (Wildman–Crippen LogP) is 4.97. The lowest BCUT2D eigenvalue weighted by atomic mass is 9.97. The van der Waals surface area contributed by atoms with E-state index in [1.807, 2.05) is 50.2 Å². The van der Waals surface area contributed by atoms with Gasteiger partial charge in [0.2, 0.25) is 0 Å². The van der Waals surface area contributed by atoms with Crippen molar-refractivity contribution in [2.75, 3.05) is 6.61 Å². The Morgan fingerprint density at radius 3 is 2.03 bits per heavy atom. The molecule has 1 aliphatic rings. The van der Waals surface area contributed by atoms with Crippen molar-refractivity contribution in [1.29, 1.82) is 0 Å². The number of aliphatic carboxylic acids is 1. The molecule has 0 radical (unpaired) electrons. The summed E-state index contributed by atoms with van der Waals surface area (Å²) < 4.78 is 5.57. The predicted molar refractivity (Wildman–Crippen MR) is 119 cm³/mol. The van der Waals surface area contributed by atoms with Crippen LogP contribution < -0.4 is 5.32 Å². The van der Waals surface area contributed by atoms with Crippen LogP contribution in [-0.4, -0.2) is 23.8 Å². The number of carboxylic acids is 1. The average molecular weight is 415 g/mol. The fourth-order valence-corrected chi connectivity index (χ4v) is 4.44. The molecule has 0 saturated carbocycles. The van der Waals surface area contributed by atoms with E-state index in [2.05, 4.69) is 29.6 Å². The molecule has 0 fully saturated rings. The van der Waals surface area contributed by atoms with Crippen LogP contribution in [0.3, 0.4) is 0 Å². The number of benzene rings is 3. The summed E-state index contributed by atoms with van der Waals surface area (Å²) in [7, 11) is 0. The molecular formula is C26H25NO4. The minimum Gasteiger partial charge on any atom is -0.481 e. The summed E-state index contributed by atoms with van der Waals surface area (Å²) in [6.07, 6.45) is -0.468. The zero-order chi connectivity index (χ0) is 22.0. The number of carbonyl (C=O) groups excluding carboxylic acids is 1. The monoisotopic (exact) mass is 415 g/mol. The highest BCUT2D eigenvalue weighted by molar-refractivity contribution is 5.79. The number of hydrogen-bond donors (Lipinski definition) is 2. The first-order chi connectivity index (χ1) is 14.9. The molecule has 0 spiro atoms. The molecule has 1 aliphatic carbocycles. The average Bonchev–Trinajstić information content (AvgIpc) is 3.07. The van der Waals surface area contributed by atoms with Crippen molar-refractivity contribution in [1.82, 2.24) is 5.32 Å². The molecule has 3 aromatic carbocycles. The molecule has 0 unspecified atom stereocenters. The Labute approximate surface area is 181 Å². The first-order valence-corrected chi connectivity index (χ1v) is 10.3. The van der Waals surface area contributed by atoms with Crippen LogP contribution in [0, 0.1) is 13.8 Å². The Bertz CT molecular complexity index is 1080. The molecule has 0 heterocycles. The molecular weight excluding hydrogens is 390 g/mol. The van der Waals surface area contributed by atoms with E-state index < -0.39 is 12.1 Å². The maximum Gasteiger partial charge on any atom is 0.407 e. The van der Waals surface area contributed by atoms with E-state index in [0.29, 0.717) is 6.54 Å². The van der Waals surface area contributed by atoms with Crippen LogP contribution >= 0.6 is 0 Å². The molecule has 0 saturated heterocycles. The second-order valence-corrected chi connectivity index (χ2v) is 7.96. The summed E-state index contributed by atoms with van der Waals surface area (Å²) in [5, 5.41) is 11.9. The maximum atomic E-state index is 12.4. The van der Waals surface area contributed by atoms with Crippen molar-refractivity contribution in [3.05, 3.63) is 94.0 Å². The Kier molecular flexibility index (Phi) is 5.76. The number of carboxylic acid groups (broad SMARTS) is 1. The number of carbonyl (C=O) groups is 2. The lowest BCUT2D eigenvalue weighted by molar-refractivity contribution is -0.136. The van der Waals surface area contributed by atoms with Gasteiger partial charge < -0.3 is 15.2 Å². The molecule has 4 rings (SSSR count). The van der Waals surface area contributed by atoms with Gasteiger partial charge in [-0.05, 0) is 58.4 Å². The Balaban J connectivity index is 1.39. The van der Waals surface area contributed by atoms with Gasteiger partial charge in [-0.1, -0.05) is 60.7 Å². The topological polar surface area (TPSA) is 75.6 Å². The van der Waals surface area contributed by atoms with Gasteiger partial charge in [-0.15, -0.1) is 0 Å². The van der Waals surface area contributed by atoms with Crippen LogP contribution in [0.5, 0.6) is 0 Å². The largest absolute Gasteiger partial charge is 0.481 e. The Morgan fingerprint density at radius 2 is 1.48 bits per heavy atom. The van der Waals surface area contributed by atoms with E-state index in [9.17, 15) is 9.59 Å². The first kappa shape index (κ1) is 20.7. The van der Waals surface area contributed by atoms with Crippen molar-refractivity contribution >= 4 is 12.1 Å². The minimum absolute atomic E-state index is 0.00223. The summed E-state index contributed by atoms with van der Waals surface area (Å²) in [5.41, 5.74) is 8.29. The van der Waals surface area contributed by atoms with E-state index in [-0.39, 0.29) is 18.9 Å². The third-order valence-corrected chi connectivity index (χ3v) is 5.86. The van der Waals surface area contributed by atoms with Crippen LogP contribution in [0.25, 0.3) is 11.1 Å². The molecule has 1 amide bonds. The van der Waals surface area contributed by atoms with Gasteiger partial charge in [0.05, 0.1) is 6.42 Å². The summed E-state index contributed by atoms with van der Waals surface area (Å²) in [6.45, 7) is 4.38. The van der Waals surface area contributed by atoms with Gasteiger partial charge in [0.25, 0.3) is 0 Å². The zero-order valence-corrected chi connectivity index (χ0v) is 17.6. The molecule has 0 bridgehead atoms. The van der Waals surface area contributed by atoms with Crippen LogP contribution in [0.15, 0.2) is 60.7 Å². The van der Waals surface area contributed by atoms with Gasteiger partial charge in [-0.2, -0.15) is 0 Å². The van der Waals surface area contributed by atoms with Crippen LogP contribution in [-0.2, 0) is 22.5 Å². The molecule has 3 aromatic rings. The molecule has 0 aliphatic heterocycles. The van der Waals surface area contributed by atoms with E-state index in [1.54, 1.807) is 0 Å². The highest BCUT2D eigenvalue weighted by atomic mass is 16.5. The summed E-state index contributed by atoms with van der Waals surface area (Å²) in [6, 6.07) is 20.3. The fourth-order valence-electron chi connectivity index (χ4n) is 4.44. The third kappa shape index (κ3) is 4.31. The van der Waals surface area contributed by atoms with E-state index in [1.165, 1.54) is 22.3 Å². The van der Waals surface area contributed by atoms with Crippen LogP contribution in [0.4, 0.5) is 4.79 Å². The third-order valence-electron chi connectivity index (χ3n) is 5.86. The van der Waals surface area contributed by atoms with Crippen LogP contribution in [0.1, 0.15) is 39.3 Å². The van der Waals surface area contributed by atoms with E-state index in [4.69, 9.17) is 9.84 Å². The Hall–Kier alpha value is -3.60. The second-order valence-electron chi connectivity index (χ2n) is 7.96. The SMILES string of the molecule is Cc1cc(CNC(=O)OCC2c3ccccc3-c3ccccc32)cc(C)c1CC(=O)O. The second kappa shape index (κ2) is 8.64. The maximum absolute atomic E-state index is 12.4. The van der Waals surface area contributed by atoms with Gasteiger partial charge in [0, 0.05) is 12.5 Å². The molecule has 31 heavy (non-hydrogen) atoms. The lowest BCUT2D eigenvalue weighted by Gasteiger charge is -2.15. The molecule has 0 atom stereocenters. The van der Waals surface area contributed by atoms with Crippen molar-refractivity contribution in [3.63, 3.8) is 0 Å². The molecule has 5 heteroatoms. The number of aryl methyl sites for hydroxylation is 2. The summed E-state index contributed by atoms with van der Waals surface area (Å²) >= 11 is 0. The fraction of sp³-hybridized carbons (Fsp3) is 0.231. The minimum atomic E-state index is -0.851. The highest BCUT2D eigenvalue weighted by Gasteiger charge is 2.28. The van der Waals surface area contributed by atoms with Gasteiger partial charge in [0.1, 0.15) is 6.61 Å². The number of alkyl carbamates (subject to hydrolysis) is 1. The zero-order valence-electron chi connectivity index (χ0n) is 17.6. The molecule has 5 nitrogen and oxygen atoms in total. The smallest absolute Gasteiger partial charge is 0.407 e. The van der Waals surface area contributed by atoms with Gasteiger partial charge in [-0.3, -0.25) is 4.79 Å². The summed E-state index contributed by atoms with van der Waals surface area (Å²) in [4.78, 5) is 23.4. The number of hydrogen-bond acceptors (Lipinski definition) is 3. The lowest BCUT2D eigenvalue weighted by Crippen LogP contribution is -2.25.